The third kappa shape index (κ3) is 3.90. The molecule has 0 spiro atoms. The Balaban J connectivity index is 2.08. The molecule has 0 aliphatic rings. The molecule has 0 aliphatic carbocycles. The first-order chi connectivity index (χ1) is 9.71. The van der Waals surface area contributed by atoms with Crippen molar-refractivity contribution in [2.75, 3.05) is 19.6 Å². The summed E-state index contributed by atoms with van der Waals surface area (Å²) in [5.74, 6) is 1.44. The second-order valence-electron chi connectivity index (χ2n) is 4.02. The van der Waals surface area contributed by atoms with E-state index in [9.17, 15) is 0 Å². The molecule has 4 nitrogen and oxygen atoms in total. The van der Waals surface area contributed by atoms with Gasteiger partial charge in [-0.05, 0) is 36.4 Å². The second-order valence-corrected chi connectivity index (χ2v) is 4.46. The third-order valence-electron chi connectivity index (χ3n) is 2.63. The van der Waals surface area contributed by atoms with Gasteiger partial charge in [0.05, 0.1) is 26.1 Å². The van der Waals surface area contributed by atoms with Crippen molar-refractivity contribution < 1.29 is 9.47 Å². The van der Waals surface area contributed by atoms with Gasteiger partial charge in [-0.2, -0.15) is 5.10 Å². The van der Waals surface area contributed by atoms with Crippen molar-refractivity contribution in [2.24, 2.45) is 5.10 Å². The topological polar surface area (TPSA) is 42.8 Å². The van der Waals surface area contributed by atoms with Gasteiger partial charge in [-0.3, -0.25) is 5.43 Å². The van der Waals surface area contributed by atoms with Crippen LogP contribution in [-0.4, -0.2) is 20.4 Å². The lowest BCUT2D eigenvalue weighted by Crippen LogP contribution is -1.93. The Hall–Kier alpha value is -2.20. The van der Waals surface area contributed by atoms with Gasteiger partial charge in [-0.25, -0.2) is 0 Å². The maximum absolute atomic E-state index is 5.81. The first-order valence-corrected chi connectivity index (χ1v) is 6.37. The fourth-order valence-electron chi connectivity index (χ4n) is 1.61. The van der Waals surface area contributed by atoms with Gasteiger partial charge in [0.25, 0.3) is 0 Å². The minimum atomic E-state index is 0.692. The number of benzene rings is 2. The first-order valence-electron chi connectivity index (χ1n) is 5.99. The standard InChI is InChI=1S/C15H15ClN2O2/c1-19-14-7-11(8-15(9-14)20-2)10-17-18-13-5-3-12(16)4-6-13/h3-10,18H,1-2H3/b17-10-. The van der Waals surface area contributed by atoms with Gasteiger partial charge in [-0.1, -0.05) is 11.6 Å². The lowest BCUT2D eigenvalue weighted by molar-refractivity contribution is 0.394. The summed E-state index contributed by atoms with van der Waals surface area (Å²) in [4.78, 5) is 0. The predicted octanol–water partition coefficient (Wildman–Crippen LogP) is 3.80. The zero-order valence-electron chi connectivity index (χ0n) is 11.3. The van der Waals surface area contributed by atoms with E-state index in [1.54, 1.807) is 32.6 Å². The molecule has 104 valence electrons. The van der Waals surface area contributed by atoms with Gasteiger partial charge < -0.3 is 9.47 Å². The Morgan fingerprint density at radius 2 is 1.60 bits per heavy atom. The van der Waals surface area contributed by atoms with E-state index in [0.717, 1.165) is 22.7 Å². The molecule has 0 heterocycles. The van der Waals surface area contributed by atoms with Crippen molar-refractivity contribution in [2.45, 2.75) is 0 Å². The van der Waals surface area contributed by atoms with Crippen LogP contribution in [0.3, 0.4) is 0 Å². The summed E-state index contributed by atoms with van der Waals surface area (Å²) in [6.07, 6.45) is 1.69. The number of ether oxygens (including phenoxy) is 2. The highest BCUT2D eigenvalue weighted by atomic mass is 35.5. The Labute approximate surface area is 123 Å². The van der Waals surface area contributed by atoms with Crippen LogP contribution >= 0.6 is 11.6 Å². The van der Waals surface area contributed by atoms with Crippen molar-refractivity contribution in [3.63, 3.8) is 0 Å². The molecule has 0 aromatic heterocycles. The first kappa shape index (κ1) is 14.2. The number of hydrogen-bond donors (Lipinski definition) is 1. The Morgan fingerprint density at radius 3 is 2.15 bits per heavy atom. The summed E-state index contributed by atoms with van der Waals surface area (Å²) < 4.78 is 10.4. The molecule has 0 saturated heterocycles. The zero-order chi connectivity index (χ0) is 14.4. The second kappa shape index (κ2) is 6.82. The highest BCUT2D eigenvalue weighted by Gasteiger charge is 1.99. The van der Waals surface area contributed by atoms with Crippen LogP contribution < -0.4 is 14.9 Å². The van der Waals surface area contributed by atoms with Crippen LogP contribution in [0.2, 0.25) is 5.02 Å². The SMILES string of the molecule is COc1cc(/C=N\Nc2ccc(Cl)cc2)cc(OC)c1. The zero-order valence-corrected chi connectivity index (χ0v) is 12.0. The third-order valence-corrected chi connectivity index (χ3v) is 2.88. The number of methoxy groups -OCH3 is 2. The highest BCUT2D eigenvalue weighted by molar-refractivity contribution is 6.30. The summed E-state index contributed by atoms with van der Waals surface area (Å²) in [7, 11) is 3.23. The lowest BCUT2D eigenvalue weighted by Gasteiger charge is -2.05. The fraction of sp³-hybridized carbons (Fsp3) is 0.133. The Morgan fingerprint density at radius 1 is 1.00 bits per heavy atom. The Bertz CT molecular complexity index is 575. The van der Waals surface area contributed by atoms with Crippen LogP contribution in [0.4, 0.5) is 5.69 Å². The van der Waals surface area contributed by atoms with E-state index >= 15 is 0 Å². The number of halogens is 1. The smallest absolute Gasteiger partial charge is 0.123 e. The molecule has 0 fully saturated rings. The molecule has 0 saturated carbocycles. The number of hydrogen-bond acceptors (Lipinski definition) is 4. The minimum absolute atomic E-state index is 0.692. The van der Waals surface area contributed by atoms with Crippen molar-refractivity contribution in [1.82, 2.24) is 0 Å². The molecule has 0 aliphatic heterocycles. The molecule has 0 unspecified atom stereocenters. The van der Waals surface area contributed by atoms with Gasteiger partial charge in [0.2, 0.25) is 0 Å². The molecular weight excluding hydrogens is 276 g/mol. The van der Waals surface area contributed by atoms with E-state index < -0.39 is 0 Å². The normalized spacial score (nSPS) is 10.6. The van der Waals surface area contributed by atoms with E-state index in [4.69, 9.17) is 21.1 Å². The van der Waals surface area contributed by atoms with Crippen LogP contribution in [0.1, 0.15) is 5.56 Å². The molecule has 20 heavy (non-hydrogen) atoms. The summed E-state index contributed by atoms with van der Waals surface area (Å²) in [5, 5.41) is 4.85. The van der Waals surface area contributed by atoms with Crippen LogP contribution in [-0.2, 0) is 0 Å². The van der Waals surface area contributed by atoms with E-state index in [-0.39, 0.29) is 0 Å². The summed E-state index contributed by atoms with van der Waals surface area (Å²) >= 11 is 5.81. The molecule has 0 amide bonds. The van der Waals surface area contributed by atoms with Crippen LogP contribution in [0.25, 0.3) is 0 Å². The van der Waals surface area contributed by atoms with Gasteiger partial charge in [0, 0.05) is 16.7 Å². The number of rotatable bonds is 5. The quantitative estimate of drug-likeness (QED) is 0.673. The number of nitrogens with one attached hydrogen (secondary N) is 1. The largest absolute Gasteiger partial charge is 0.497 e. The van der Waals surface area contributed by atoms with E-state index in [1.165, 1.54) is 0 Å². The van der Waals surface area contributed by atoms with Gasteiger partial charge >= 0.3 is 0 Å². The van der Waals surface area contributed by atoms with E-state index in [0.29, 0.717) is 5.02 Å². The maximum Gasteiger partial charge on any atom is 0.123 e. The molecule has 2 rings (SSSR count). The maximum atomic E-state index is 5.81. The van der Waals surface area contributed by atoms with Crippen molar-refractivity contribution >= 4 is 23.5 Å². The summed E-state index contributed by atoms with van der Waals surface area (Å²) in [6, 6.07) is 12.9. The van der Waals surface area contributed by atoms with Gasteiger partial charge in [0.15, 0.2) is 0 Å². The highest BCUT2D eigenvalue weighted by Crippen LogP contribution is 2.21. The van der Waals surface area contributed by atoms with Crippen LogP contribution in [0, 0.1) is 0 Å². The lowest BCUT2D eigenvalue weighted by atomic mass is 10.2. The summed E-state index contributed by atoms with van der Waals surface area (Å²) in [6.45, 7) is 0. The average molecular weight is 291 g/mol. The van der Waals surface area contributed by atoms with E-state index in [1.807, 2.05) is 30.3 Å². The van der Waals surface area contributed by atoms with Crippen molar-refractivity contribution in [3.05, 3.63) is 53.1 Å². The Kier molecular flexibility index (Phi) is 4.85. The minimum Gasteiger partial charge on any atom is -0.497 e. The van der Waals surface area contributed by atoms with E-state index in [2.05, 4.69) is 10.5 Å². The predicted molar refractivity (Wildman–Crippen MR) is 82.2 cm³/mol. The number of nitrogens with zero attached hydrogens (tertiary/aromatic N) is 1. The summed E-state index contributed by atoms with van der Waals surface area (Å²) in [5.41, 5.74) is 4.66. The molecule has 0 bridgehead atoms. The number of hydrazone groups is 1. The number of anilines is 1. The monoisotopic (exact) mass is 290 g/mol. The molecule has 0 radical (unpaired) electrons. The fourth-order valence-corrected chi connectivity index (χ4v) is 1.74. The van der Waals surface area contributed by atoms with Crippen molar-refractivity contribution in [1.29, 1.82) is 0 Å². The molecule has 2 aromatic carbocycles. The van der Waals surface area contributed by atoms with Crippen LogP contribution in [0.5, 0.6) is 11.5 Å². The van der Waals surface area contributed by atoms with Crippen LogP contribution in [0.15, 0.2) is 47.6 Å². The molecular formula is C15H15ClN2O2. The molecule has 0 atom stereocenters. The molecule has 2 aromatic rings. The van der Waals surface area contributed by atoms with Gasteiger partial charge in [-0.15, -0.1) is 0 Å². The molecule has 5 heteroatoms. The average Bonchev–Trinajstić information content (AvgIpc) is 2.49. The molecule has 1 N–H and O–H groups in total. The van der Waals surface area contributed by atoms with Crippen molar-refractivity contribution in [3.8, 4) is 11.5 Å². The van der Waals surface area contributed by atoms with Gasteiger partial charge in [0.1, 0.15) is 11.5 Å².